The fourth-order valence-electron chi connectivity index (χ4n) is 16.4. The van der Waals surface area contributed by atoms with E-state index in [-0.39, 0.29) is 76.7 Å². The first-order valence-corrected chi connectivity index (χ1v) is 44.6. The van der Waals surface area contributed by atoms with Gasteiger partial charge in [0.1, 0.15) is 0 Å². The van der Waals surface area contributed by atoms with E-state index < -0.39 is 0 Å². The van der Waals surface area contributed by atoms with Crippen LogP contribution in [0.5, 0.6) is 0 Å². The van der Waals surface area contributed by atoms with E-state index in [9.17, 15) is 0 Å². The van der Waals surface area contributed by atoms with Gasteiger partial charge in [-0.05, 0) is 162 Å². The van der Waals surface area contributed by atoms with E-state index in [1.165, 1.54) is 67.0 Å². The van der Waals surface area contributed by atoms with Crippen molar-refractivity contribution < 1.29 is 47.4 Å². The third kappa shape index (κ3) is 21.7. The highest BCUT2D eigenvalue weighted by atomic mass is 35.5. The summed E-state index contributed by atoms with van der Waals surface area (Å²) in [6, 6.07) is 63.1. The molecular formula is C98H120Cl4N6O10. The molecule has 8 aromatic carbocycles. The maximum Gasteiger partial charge on any atom is 0.154 e. The van der Waals surface area contributed by atoms with Crippen LogP contribution in [0.4, 0.5) is 34.1 Å². The van der Waals surface area contributed by atoms with Crippen LogP contribution in [-0.2, 0) is 75.4 Å². The van der Waals surface area contributed by atoms with Gasteiger partial charge >= 0.3 is 0 Å². The van der Waals surface area contributed by atoms with E-state index in [1.54, 1.807) is 0 Å². The SMILES string of the molecule is CC(C)(c1ccc(C(C)(C)c2ccc(N(CC3CO3)CC3CO3)c(Cl)c2)cc1)c1ccc(N(CC2CO2)CC2CO2)c(Cl)c1.CC(C)(c1ccc(C(C)(C)c2ccc(N(CC3CO3)CC3CO3)c(Cl)c2)cc1)c1ccc(N(CC2CO2)CC2CO2)c(Cl)c1.CCC(C)N(CC1CO1)c1ccc(Cc2ccc(N(C(C)CC)C3CO3)cc2)cc1. The first-order chi connectivity index (χ1) is 56.7. The Morgan fingerprint density at radius 1 is 0.288 bits per heavy atom. The van der Waals surface area contributed by atoms with Crippen molar-refractivity contribution in [3.8, 4) is 0 Å². The van der Waals surface area contributed by atoms with Gasteiger partial charge in [-0.1, -0.05) is 213 Å². The number of rotatable bonds is 39. The van der Waals surface area contributed by atoms with Crippen LogP contribution in [0.25, 0.3) is 0 Å². The van der Waals surface area contributed by atoms with Crippen LogP contribution >= 0.6 is 46.4 Å². The van der Waals surface area contributed by atoms with E-state index in [4.69, 9.17) is 93.8 Å². The standard InChI is InChI=1S/2C36H42Cl2N2O4.C26H36N2O2/c2*1-35(2,25-9-11-33(31(37)13-25)39(15-27-19-41-27)16-28-20-42-28)23-5-7-24(8-6-23)36(3,4)26-10-12-34(32(38)14-26)40(17-29-21-43-29)18-30-22-44-30;1-5-19(3)27(16-25-17-29-25)23-11-7-21(8-12-23)15-22-9-13-24(14-10-22)28(20(4)6-2)26-18-30-26/h2*5-14,27-30H,15-22H2,1-4H3;7-14,19-20,25-26H,5-6,15-18H2,1-4H3. The summed E-state index contributed by atoms with van der Waals surface area (Å²) in [5, 5.41) is 3.07. The lowest BCUT2D eigenvalue weighted by Crippen LogP contribution is -2.35. The zero-order valence-electron chi connectivity index (χ0n) is 70.9. The summed E-state index contributed by atoms with van der Waals surface area (Å²) in [5.41, 5.74) is 18.2. The molecule has 0 N–H and O–H groups in total. The Bertz CT molecular complexity index is 4200. The molecule has 0 aliphatic carbocycles. The zero-order chi connectivity index (χ0) is 82.4. The van der Waals surface area contributed by atoms with Crippen molar-refractivity contribution in [3.63, 3.8) is 0 Å². The number of benzene rings is 8. The molecule has 0 amide bonds. The molecule has 10 aliphatic rings. The van der Waals surface area contributed by atoms with Gasteiger partial charge in [0.25, 0.3) is 0 Å². The fourth-order valence-corrected chi connectivity index (χ4v) is 17.6. The lowest BCUT2D eigenvalue weighted by molar-refractivity contribution is 0.381. The molecule has 10 fully saturated rings. The summed E-state index contributed by atoms with van der Waals surface area (Å²) in [6.45, 7) is 43.2. The van der Waals surface area contributed by atoms with Crippen molar-refractivity contribution in [3.05, 3.63) is 246 Å². The highest BCUT2D eigenvalue weighted by Gasteiger charge is 2.40. The maximum atomic E-state index is 6.93. The molecule has 10 aliphatic heterocycles. The summed E-state index contributed by atoms with van der Waals surface area (Å²) >= 11 is 27.7. The molecule has 118 heavy (non-hydrogen) atoms. The molecule has 630 valence electrons. The average molecular weight is 1680 g/mol. The fraction of sp³-hybridized carbons (Fsp3) is 0.510. The lowest BCUT2D eigenvalue weighted by Gasteiger charge is -2.31. The molecule has 12 unspecified atom stereocenters. The van der Waals surface area contributed by atoms with Crippen LogP contribution < -0.4 is 29.4 Å². The van der Waals surface area contributed by atoms with E-state index in [2.05, 4.69) is 282 Å². The van der Waals surface area contributed by atoms with Crippen LogP contribution in [0.1, 0.15) is 152 Å². The Labute approximate surface area is 720 Å². The summed E-state index contributed by atoms with van der Waals surface area (Å²) in [7, 11) is 0. The normalized spacial score (nSPS) is 23.3. The second-order valence-electron chi connectivity index (χ2n) is 36.4. The van der Waals surface area contributed by atoms with Gasteiger partial charge in [0.15, 0.2) is 6.23 Å². The number of halogens is 4. The van der Waals surface area contributed by atoms with E-state index in [0.717, 1.165) is 187 Å². The molecule has 20 heteroatoms. The van der Waals surface area contributed by atoms with E-state index in [0.29, 0.717) is 18.2 Å². The smallest absolute Gasteiger partial charge is 0.154 e. The number of nitrogens with zero attached hydrogens (tertiary/aromatic N) is 6. The minimum absolute atomic E-state index is 0.222. The van der Waals surface area contributed by atoms with Crippen molar-refractivity contribution in [1.82, 2.24) is 0 Å². The molecule has 8 aromatic rings. The van der Waals surface area contributed by atoms with Gasteiger partial charge in [-0.25, -0.2) is 0 Å². The van der Waals surface area contributed by atoms with E-state index >= 15 is 0 Å². The molecule has 0 radical (unpaired) electrons. The quantitative estimate of drug-likeness (QED) is 0.0337. The van der Waals surface area contributed by atoms with Crippen molar-refractivity contribution in [2.24, 2.45) is 0 Å². The largest absolute Gasteiger partial charge is 0.371 e. The van der Waals surface area contributed by atoms with Crippen molar-refractivity contribution in [2.45, 2.75) is 197 Å². The van der Waals surface area contributed by atoms with Crippen LogP contribution in [0.2, 0.25) is 20.1 Å². The lowest BCUT2D eigenvalue weighted by atomic mass is 9.74. The van der Waals surface area contributed by atoms with Gasteiger partial charge < -0.3 is 76.8 Å². The van der Waals surface area contributed by atoms with Crippen LogP contribution in [0.15, 0.2) is 170 Å². The summed E-state index contributed by atoms with van der Waals surface area (Å²) in [6.07, 6.45) is 6.20. The van der Waals surface area contributed by atoms with Gasteiger partial charge in [0.2, 0.25) is 0 Å². The summed E-state index contributed by atoms with van der Waals surface area (Å²) in [5.74, 6) is 0. The Hall–Kier alpha value is -6.68. The second-order valence-corrected chi connectivity index (χ2v) is 38.0. The zero-order valence-corrected chi connectivity index (χ0v) is 74.0. The van der Waals surface area contributed by atoms with E-state index in [1.807, 2.05) is 0 Å². The molecule has 10 saturated heterocycles. The predicted octanol–water partition coefficient (Wildman–Crippen LogP) is 18.9. The third-order valence-corrected chi connectivity index (χ3v) is 27.0. The minimum Gasteiger partial charge on any atom is -0.371 e. The monoisotopic (exact) mass is 1680 g/mol. The number of anilines is 6. The Morgan fingerprint density at radius 3 is 0.720 bits per heavy atom. The maximum absolute atomic E-state index is 6.93. The van der Waals surface area contributed by atoms with Crippen LogP contribution in [0, 0.1) is 0 Å². The van der Waals surface area contributed by atoms with Crippen LogP contribution in [0.3, 0.4) is 0 Å². The second kappa shape index (κ2) is 36.0. The Balaban J connectivity index is 0.000000135. The minimum atomic E-state index is -0.222. The predicted molar refractivity (Wildman–Crippen MR) is 478 cm³/mol. The summed E-state index contributed by atoms with van der Waals surface area (Å²) < 4.78 is 55.1. The number of ether oxygens (including phenoxy) is 10. The molecule has 16 nitrogen and oxygen atoms in total. The number of hydrogen-bond donors (Lipinski definition) is 0. The summed E-state index contributed by atoms with van der Waals surface area (Å²) in [4.78, 5) is 14.1. The topological polar surface area (TPSA) is 145 Å². The van der Waals surface area contributed by atoms with Crippen LogP contribution in [-0.4, -0.2) is 198 Å². The van der Waals surface area contributed by atoms with Gasteiger partial charge in [-0.3, -0.25) is 0 Å². The highest BCUT2D eigenvalue weighted by Crippen LogP contribution is 2.45. The number of hydrogen-bond acceptors (Lipinski definition) is 16. The van der Waals surface area contributed by atoms with Crippen molar-refractivity contribution in [1.29, 1.82) is 0 Å². The molecule has 0 aromatic heterocycles. The molecule has 0 bridgehead atoms. The van der Waals surface area contributed by atoms with Gasteiger partial charge in [-0.15, -0.1) is 0 Å². The molecule has 18 rings (SSSR count). The average Bonchev–Trinajstić information content (AvgIpc) is 1.49. The molecule has 12 atom stereocenters. The van der Waals surface area contributed by atoms with Crippen molar-refractivity contribution in [2.75, 3.05) is 154 Å². The molecule has 0 saturated carbocycles. The number of epoxide rings is 10. The first kappa shape index (κ1) is 84.9. The Kier molecular flexibility index (Phi) is 25.9. The molecule has 0 spiro atoms. The Morgan fingerprint density at radius 2 is 0.508 bits per heavy atom. The third-order valence-electron chi connectivity index (χ3n) is 25.8. The van der Waals surface area contributed by atoms with Gasteiger partial charge in [-0.2, -0.15) is 0 Å². The van der Waals surface area contributed by atoms with Gasteiger partial charge in [0.05, 0.1) is 164 Å². The highest BCUT2D eigenvalue weighted by molar-refractivity contribution is 6.34. The molecular weight excluding hydrogens is 1560 g/mol. The van der Waals surface area contributed by atoms with Crippen molar-refractivity contribution >= 4 is 80.5 Å². The van der Waals surface area contributed by atoms with Gasteiger partial charge in [0, 0.05) is 104 Å². The molecule has 10 heterocycles. The first-order valence-electron chi connectivity index (χ1n) is 43.0.